The highest BCUT2D eigenvalue weighted by atomic mass is 16.2. The predicted molar refractivity (Wildman–Crippen MR) is 104 cm³/mol. The third kappa shape index (κ3) is 3.90. The van der Waals surface area contributed by atoms with E-state index in [-0.39, 0.29) is 0 Å². The van der Waals surface area contributed by atoms with E-state index in [4.69, 9.17) is 0 Å². The van der Waals surface area contributed by atoms with Crippen LogP contribution in [0, 0.1) is 18.8 Å². The molecular weight excluding hydrogens is 342 g/mol. The monoisotopic (exact) mass is 371 g/mol. The number of anilines is 1. The van der Waals surface area contributed by atoms with Crippen molar-refractivity contribution in [2.45, 2.75) is 33.1 Å². The minimum absolute atomic E-state index is 0.296. The number of rotatable bonds is 4. The quantitative estimate of drug-likeness (QED) is 0.867. The number of piperazine rings is 1. The molecule has 1 amide bonds. The Morgan fingerprint density at radius 3 is 2.89 bits per heavy atom. The first-order valence-electron chi connectivity index (χ1n) is 10.0. The molecule has 0 saturated carbocycles. The summed E-state index contributed by atoms with van der Waals surface area (Å²) in [5.41, 5.74) is 0.930. The largest absolute Gasteiger partial charge is 0.353 e. The Morgan fingerprint density at radius 2 is 2.15 bits per heavy atom. The molecule has 2 saturated heterocycles. The van der Waals surface area contributed by atoms with Crippen LogP contribution in [0.1, 0.15) is 31.9 Å². The SMILES string of the molecule is Cc1cc(N2CCN(C(=O)CC(C)C3CCCNC3)CC2)n2ncnc2n1. The van der Waals surface area contributed by atoms with E-state index in [1.54, 1.807) is 4.52 Å². The van der Waals surface area contributed by atoms with Crippen molar-refractivity contribution < 1.29 is 4.79 Å². The minimum atomic E-state index is 0.296. The van der Waals surface area contributed by atoms with Crippen LogP contribution in [-0.4, -0.2) is 69.7 Å². The highest BCUT2D eigenvalue weighted by molar-refractivity contribution is 5.76. The first kappa shape index (κ1) is 18.2. The van der Waals surface area contributed by atoms with Crippen molar-refractivity contribution in [1.29, 1.82) is 0 Å². The van der Waals surface area contributed by atoms with Gasteiger partial charge in [-0.1, -0.05) is 6.92 Å². The molecule has 0 radical (unpaired) electrons. The molecule has 0 bridgehead atoms. The van der Waals surface area contributed by atoms with Gasteiger partial charge in [0, 0.05) is 44.4 Å². The van der Waals surface area contributed by atoms with Crippen molar-refractivity contribution in [3.63, 3.8) is 0 Å². The van der Waals surface area contributed by atoms with Crippen LogP contribution in [0.25, 0.3) is 5.78 Å². The van der Waals surface area contributed by atoms with Gasteiger partial charge < -0.3 is 15.1 Å². The maximum Gasteiger partial charge on any atom is 0.254 e. The number of fused-ring (bicyclic) bond motifs is 1. The van der Waals surface area contributed by atoms with Gasteiger partial charge in [0.2, 0.25) is 5.91 Å². The van der Waals surface area contributed by atoms with Crippen LogP contribution < -0.4 is 10.2 Å². The summed E-state index contributed by atoms with van der Waals surface area (Å²) in [6, 6.07) is 2.04. The van der Waals surface area contributed by atoms with Crippen molar-refractivity contribution in [1.82, 2.24) is 29.8 Å². The molecule has 2 unspecified atom stereocenters. The van der Waals surface area contributed by atoms with Crippen molar-refractivity contribution in [2.75, 3.05) is 44.2 Å². The molecule has 4 rings (SSSR count). The van der Waals surface area contributed by atoms with Crippen LogP contribution in [0.15, 0.2) is 12.4 Å². The molecule has 8 nitrogen and oxygen atoms in total. The number of carbonyl (C=O) groups excluding carboxylic acids is 1. The fourth-order valence-corrected chi connectivity index (χ4v) is 4.26. The number of aromatic nitrogens is 4. The zero-order valence-corrected chi connectivity index (χ0v) is 16.3. The Morgan fingerprint density at radius 1 is 1.33 bits per heavy atom. The fourth-order valence-electron chi connectivity index (χ4n) is 4.26. The Kier molecular flexibility index (Phi) is 5.24. The lowest BCUT2D eigenvalue weighted by Gasteiger charge is -2.37. The second-order valence-corrected chi connectivity index (χ2v) is 7.88. The number of carbonyl (C=O) groups is 1. The van der Waals surface area contributed by atoms with Crippen LogP contribution >= 0.6 is 0 Å². The van der Waals surface area contributed by atoms with E-state index in [9.17, 15) is 4.79 Å². The second kappa shape index (κ2) is 7.80. The summed E-state index contributed by atoms with van der Waals surface area (Å²) >= 11 is 0. The van der Waals surface area contributed by atoms with Crippen LogP contribution in [0.3, 0.4) is 0 Å². The predicted octanol–water partition coefficient (Wildman–Crippen LogP) is 1.11. The van der Waals surface area contributed by atoms with Crippen molar-refractivity contribution in [3.8, 4) is 0 Å². The Labute approximate surface area is 160 Å². The maximum atomic E-state index is 12.8. The van der Waals surface area contributed by atoms with Gasteiger partial charge in [0.1, 0.15) is 12.1 Å². The summed E-state index contributed by atoms with van der Waals surface area (Å²) in [5.74, 6) is 3.00. The molecule has 8 heteroatoms. The Balaban J connectivity index is 1.35. The third-order valence-corrected chi connectivity index (χ3v) is 5.95. The molecule has 2 aromatic rings. The van der Waals surface area contributed by atoms with E-state index in [2.05, 4.69) is 32.2 Å². The van der Waals surface area contributed by atoms with Gasteiger partial charge in [-0.05, 0) is 44.7 Å². The summed E-state index contributed by atoms with van der Waals surface area (Å²) in [4.78, 5) is 25.7. The van der Waals surface area contributed by atoms with E-state index in [0.29, 0.717) is 29.9 Å². The normalized spacial score (nSPS) is 22.2. The van der Waals surface area contributed by atoms with Gasteiger partial charge in [0.15, 0.2) is 0 Å². The number of hydrogen-bond acceptors (Lipinski definition) is 6. The van der Waals surface area contributed by atoms with Gasteiger partial charge in [-0.15, -0.1) is 0 Å². The van der Waals surface area contributed by atoms with Crippen LogP contribution in [-0.2, 0) is 4.79 Å². The molecule has 146 valence electrons. The van der Waals surface area contributed by atoms with Crippen molar-refractivity contribution >= 4 is 17.5 Å². The molecule has 1 N–H and O–H groups in total. The summed E-state index contributed by atoms with van der Waals surface area (Å²) in [6.45, 7) is 9.50. The lowest BCUT2D eigenvalue weighted by Crippen LogP contribution is -2.50. The minimum Gasteiger partial charge on any atom is -0.353 e. The maximum absolute atomic E-state index is 12.8. The lowest BCUT2D eigenvalue weighted by atomic mass is 9.85. The molecule has 2 atom stereocenters. The molecular formula is C19H29N7O. The second-order valence-electron chi connectivity index (χ2n) is 7.88. The number of nitrogens with zero attached hydrogens (tertiary/aromatic N) is 6. The molecule has 2 aliphatic heterocycles. The van der Waals surface area contributed by atoms with Gasteiger partial charge in [-0.3, -0.25) is 4.79 Å². The number of aryl methyl sites for hydroxylation is 1. The number of amides is 1. The van der Waals surface area contributed by atoms with E-state index < -0.39 is 0 Å². The number of piperidine rings is 1. The fraction of sp³-hybridized carbons (Fsp3) is 0.684. The first-order valence-corrected chi connectivity index (χ1v) is 10.0. The average Bonchev–Trinajstić information content (AvgIpc) is 3.16. The molecule has 0 spiro atoms. The Bertz CT molecular complexity index is 790. The zero-order chi connectivity index (χ0) is 18.8. The molecule has 2 aromatic heterocycles. The van der Waals surface area contributed by atoms with Crippen LogP contribution in [0.4, 0.5) is 5.82 Å². The van der Waals surface area contributed by atoms with Crippen molar-refractivity contribution in [3.05, 3.63) is 18.1 Å². The first-order chi connectivity index (χ1) is 13.1. The van der Waals surface area contributed by atoms with Crippen LogP contribution in [0.2, 0.25) is 0 Å². The lowest BCUT2D eigenvalue weighted by molar-refractivity contribution is -0.132. The topological polar surface area (TPSA) is 78.7 Å². The van der Waals surface area contributed by atoms with E-state index in [1.807, 2.05) is 17.9 Å². The average molecular weight is 371 g/mol. The van der Waals surface area contributed by atoms with Gasteiger partial charge >= 0.3 is 0 Å². The molecule has 4 heterocycles. The molecule has 27 heavy (non-hydrogen) atoms. The number of hydrogen-bond donors (Lipinski definition) is 1. The summed E-state index contributed by atoms with van der Waals surface area (Å²) in [6.07, 6.45) is 4.66. The van der Waals surface area contributed by atoms with E-state index in [0.717, 1.165) is 50.8 Å². The zero-order valence-electron chi connectivity index (χ0n) is 16.3. The third-order valence-electron chi connectivity index (χ3n) is 5.95. The molecule has 2 fully saturated rings. The smallest absolute Gasteiger partial charge is 0.254 e. The summed E-state index contributed by atoms with van der Waals surface area (Å²) in [5, 5.41) is 7.75. The summed E-state index contributed by atoms with van der Waals surface area (Å²) < 4.78 is 1.78. The molecule has 0 aromatic carbocycles. The standard InChI is InChI=1S/C19H29N7O/c1-14(16-4-3-5-20-12-16)10-18(27)25-8-6-24(7-9-25)17-11-15(2)23-19-21-13-22-26(17)19/h11,13-14,16,20H,3-10,12H2,1-2H3. The molecule has 0 aliphatic carbocycles. The highest BCUT2D eigenvalue weighted by Gasteiger charge is 2.27. The van der Waals surface area contributed by atoms with Gasteiger partial charge in [-0.2, -0.15) is 14.6 Å². The van der Waals surface area contributed by atoms with E-state index in [1.165, 1.54) is 19.2 Å². The number of nitrogens with one attached hydrogen (secondary N) is 1. The highest BCUT2D eigenvalue weighted by Crippen LogP contribution is 2.24. The van der Waals surface area contributed by atoms with Gasteiger partial charge in [-0.25, -0.2) is 4.98 Å². The van der Waals surface area contributed by atoms with E-state index >= 15 is 0 Å². The van der Waals surface area contributed by atoms with Gasteiger partial charge in [0.25, 0.3) is 5.78 Å². The Hall–Kier alpha value is -2.22. The van der Waals surface area contributed by atoms with Crippen molar-refractivity contribution in [2.24, 2.45) is 11.8 Å². The summed E-state index contributed by atoms with van der Waals surface area (Å²) in [7, 11) is 0. The van der Waals surface area contributed by atoms with Crippen LogP contribution in [0.5, 0.6) is 0 Å². The molecule has 2 aliphatic rings. The van der Waals surface area contributed by atoms with Gasteiger partial charge in [0.05, 0.1) is 0 Å².